The molecule has 0 saturated carbocycles. The highest BCUT2D eigenvalue weighted by molar-refractivity contribution is 5.81. The SMILES string of the molecule is CC(C)C(NCc1ccccc1O)C(=O)N(C)C. The van der Waals surface area contributed by atoms with Crippen LogP contribution in [-0.2, 0) is 11.3 Å². The Bertz CT molecular complexity index is 403. The molecule has 1 aromatic rings. The van der Waals surface area contributed by atoms with Crippen LogP contribution in [0.25, 0.3) is 0 Å². The van der Waals surface area contributed by atoms with Crippen LogP contribution < -0.4 is 5.32 Å². The van der Waals surface area contributed by atoms with Gasteiger partial charge in [-0.2, -0.15) is 0 Å². The van der Waals surface area contributed by atoms with E-state index < -0.39 is 0 Å². The van der Waals surface area contributed by atoms with E-state index in [-0.39, 0.29) is 23.6 Å². The fourth-order valence-electron chi connectivity index (χ4n) is 1.77. The van der Waals surface area contributed by atoms with Gasteiger partial charge in [0.05, 0.1) is 6.04 Å². The first-order valence-corrected chi connectivity index (χ1v) is 6.15. The quantitative estimate of drug-likeness (QED) is 0.834. The first-order valence-electron chi connectivity index (χ1n) is 6.15. The smallest absolute Gasteiger partial charge is 0.239 e. The molecule has 0 spiro atoms. The molecule has 1 aromatic carbocycles. The maximum Gasteiger partial charge on any atom is 0.239 e. The largest absolute Gasteiger partial charge is 0.508 e. The monoisotopic (exact) mass is 250 g/mol. The molecule has 0 fully saturated rings. The molecule has 2 N–H and O–H groups in total. The molecule has 0 heterocycles. The summed E-state index contributed by atoms with van der Waals surface area (Å²) in [6.07, 6.45) is 0. The second kappa shape index (κ2) is 6.40. The summed E-state index contributed by atoms with van der Waals surface area (Å²) in [5, 5.41) is 12.9. The summed E-state index contributed by atoms with van der Waals surface area (Å²) < 4.78 is 0. The summed E-state index contributed by atoms with van der Waals surface area (Å²) in [4.78, 5) is 13.6. The number of likely N-dealkylation sites (N-methyl/N-ethyl adjacent to an activating group) is 1. The Labute approximate surface area is 109 Å². The highest BCUT2D eigenvalue weighted by Gasteiger charge is 2.23. The molecule has 0 aromatic heterocycles. The molecule has 4 heteroatoms. The van der Waals surface area contributed by atoms with Gasteiger partial charge in [0.1, 0.15) is 5.75 Å². The molecule has 0 saturated heterocycles. The van der Waals surface area contributed by atoms with Crippen molar-refractivity contribution in [3.63, 3.8) is 0 Å². The number of aromatic hydroxyl groups is 1. The second-order valence-electron chi connectivity index (χ2n) is 4.96. The van der Waals surface area contributed by atoms with Gasteiger partial charge < -0.3 is 15.3 Å². The van der Waals surface area contributed by atoms with Crippen LogP contribution in [0, 0.1) is 5.92 Å². The van der Waals surface area contributed by atoms with Crippen molar-refractivity contribution in [1.29, 1.82) is 0 Å². The van der Waals surface area contributed by atoms with Crippen molar-refractivity contribution >= 4 is 5.91 Å². The van der Waals surface area contributed by atoms with E-state index in [4.69, 9.17) is 0 Å². The molecule has 0 radical (unpaired) electrons. The van der Waals surface area contributed by atoms with Crippen LogP contribution in [0.2, 0.25) is 0 Å². The average molecular weight is 250 g/mol. The van der Waals surface area contributed by atoms with Gasteiger partial charge in [-0.05, 0) is 12.0 Å². The minimum Gasteiger partial charge on any atom is -0.508 e. The van der Waals surface area contributed by atoms with Gasteiger partial charge in [0.2, 0.25) is 5.91 Å². The summed E-state index contributed by atoms with van der Waals surface area (Å²) in [5.41, 5.74) is 0.801. The van der Waals surface area contributed by atoms with E-state index in [1.165, 1.54) is 0 Å². The summed E-state index contributed by atoms with van der Waals surface area (Å²) in [7, 11) is 3.50. The van der Waals surface area contributed by atoms with E-state index in [9.17, 15) is 9.90 Å². The molecule has 1 rings (SSSR count). The molecule has 4 nitrogen and oxygen atoms in total. The van der Waals surface area contributed by atoms with Crippen molar-refractivity contribution < 1.29 is 9.90 Å². The zero-order valence-electron chi connectivity index (χ0n) is 11.5. The molecule has 100 valence electrons. The van der Waals surface area contributed by atoms with E-state index in [1.807, 2.05) is 26.0 Å². The maximum absolute atomic E-state index is 12.0. The van der Waals surface area contributed by atoms with Crippen LogP contribution in [0.5, 0.6) is 5.75 Å². The minimum absolute atomic E-state index is 0.0559. The summed E-state index contributed by atoms with van der Waals surface area (Å²) >= 11 is 0. The van der Waals surface area contributed by atoms with Crippen LogP contribution in [0.15, 0.2) is 24.3 Å². The van der Waals surface area contributed by atoms with Crippen molar-refractivity contribution in [2.24, 2.45) is 5.92 Å². The number of nitrogens with zero attached hydrogens (tertiary/aromatic N) is 1. The fourth-order valence-corrected chi connectivity index (χ4v) is 1.77. The topological polar surface area (TPSA) is 52.6 Å². The van der Waals surface area contributed by atoms with E-state index in [0.29, 0.717) is 6.54 Å². The second-order valence-corrected chi connectivity index (χ2v) is 4.96. The van der Waals surface area contributed by atoms with Gasteiger partial charge in [0.25, 0.3) is 0 Å². The van der Waals surface area contributed by atoms with Gasteiger partial charge in [-0.25, -0.2) is 0 Å². The number of phenols is 1. The Morgan fingerprint density at radius 2 is 1.94 bits per heavy atom. The zero-order chi connectivity index (χ0) is 13.7. The van der Waals surface area contributed by atoms with Gasteiger partial charge in [0, 0.05) is 26.2 Å². The van der Waals surface area contributed by atoms with E-state index >= 15 is 0 Å². The number of carbonyl (C=O) groups is 1. The Morgan fingerprint density at radius 1 is 1.33 bits per heavy atom. The van der Waals surface area contributed by atoms with Crippen LogP contribution in [0.3, 0.4) is 0 Å². The molecular formula is C14H22N2O2. The van der Waals surface area contributed by atoms with Crippen molar-refractivity contribution in [2.45, 2.75) is 26.4 Å². The average Bonchev–Trinajstić information content (AvgIpc) is 2.30. The molecule has 1 unspecified atom stereocenters. The van der Waals surface area contributed by atoms with Gasteiger partial charge in [-0.1, -0.05) is 32.0 Å². The summed E-state index contributed by atoms with van der Waals surface area (Å²) in [5.74, 6) is 0.510. The fraction of sp³-hybridized carbons (Fsp3) is 0.500. The van der Waals surface area contributed by atoms with Crippen LogP contribution in [0.1, 0.15) is 19.4 Å². The third-order valence-electron chi connectivity index (χ3n) is 2.88. The summed E-state index contributed by atoms with van der Waals surface area (Å²) in [6.45, 7) is 4.49. The Balaban J connectivity index is 2.69. The van der Waals surface area contributed by atoms with Crippen LogP contribution >= 0.6 is 0 Å². The molecule has 18 heavy (non-hydrogen) atoms. The molecule has 0 aliphatic heterocycles. The predicted octanol–water partition coefficient (Wildman–Crippen LogP) is 1.59. The first kappa shape index (κ1) is 14.5. The number of benzene rings is 1. The normalized spacial score (nSPS) is 12.5. The lowest BCUT2D eigenvalue weighted by Gasteiger charge is -2.25. The number of hydrogen-bond acceptors (Lipinski definition) is 3. The van der Waals surface area contributed by atoms with E-state index in [1.54, 1.807) is 31.1 Å². The highest BCUT2D eigenvalue weighted by Crippen LogP contribution is 2.16. The Hall–Kier alpha value is -1.55. The molecule has 0 aliphatic carbocycles. The van der Waals surface area contributed by atoms with Gasteiger partial charge in [-0.15, -0.1) is 0 Å². The molecular weight excluding hydrogens is 228 g/mol. The number of amides is 1. The van der Waals surface area contributed by atoms with Crippen molar-refractivity contribution in [3.8, 4) is 5.75 Å². The van der Waals surface area contributed by atoms with Gasteiger partial charge >= 0.3 is 0 Å². The molecule has 0 aliphatic rings. The Kier molecular flexibility index (Phi) is 5.16. The van der Waals surface area contributed by atoms with Crippen LogP contribution in [-0.4, -0.2) is 36.1 Å². The maximum atomic E-state index is 12.0. The number of nitrogens with one attached hydrogen (secondary N) is 1. The van der Waals surface area contributed by atoms with Gasteiger partial charge in [0.15, 0.2) is 0 Å². The number of carbonyl (C=O) groups excluding carboxylic acids is 1. The number of para-hydroxylation sites is 1. The minimum atomic E-state index is -0.236. The number of rotatable bonds is 5. The van der Waals surface area contributed by atoms with Crippen molar-refractivity contribution in [2.75, 3.05) is 14.1 Å². The standard InChI is InChI=1S/C14H22N2O2/c1-10(2)13(14(18)16(3)4)15-9-11-7-5-6-8-12(11)17/h5-8,10,13,15,17H,9H2,1-4H3. The third kappa shape index (κ3) is 3.74. The number of phenolic OH excluding ortho intramolecular Hbond substituents is 1. The third-order valence-corrected chi connectivity index (χ3v) is 2.88. The molecule has 1 amide bonds. The van der Waals surface area contributed by atoms with E-state index in [2.05, 4.69) is 5.32 Å². The lowest BCUT2D eigenvalue weighted by Crippen LogP contribution is -2.46. The lowest BCUT2D eigenvalue weighted by molar-refractivity contribution is -0.132. The zero-order valence-corrected chi connectivity index (χ0v) is 11.5. The highest BCUT2D eigenvalue weighted by atomic mass is 16.3. The van der Waals surface area contributed by atoms with E-state index in [0.717, 1.165) is 5.56 Å². The molecule has 1 atom stereocenters. The lowest BCUT2D eigenvalue weighted by atomic mass is 10.0. The predicted molar refractivity (Wildman–Crippen MR) is 72.3 cm³/mol. The Morgan fingerprint density at radius 3 is 2.44 bits per heavy atom. The van der Waals surface area contributed by atoms with Crippen molar-refractivity contribution in [1.82, 2.24) is 10.2 Å². The summed E-state index contributed by atoms with van der Waals surface area (Å²) in [6, 6.07) is 6.91. The van der Waals surface area contributed by atoms with Gasteiger partial charge in [-0.3, -0.25) is 4.79 Å². The number of hydrogen-bond donors (Lipinski definition) is 2. The first-order chi connectivity index (χ1) is 8.43. The molecule has 0 bridgehead atoms. The van der Waals surface area contributed by atoms with Crippen molar-refractivity contribution in [3.05, 3.63) is 29.8 Å². The van der Waals surface area contributed by atoms with Crippen LogP contribution in [0.4, 0.5) is 0 Å².